The van der Waals surface area contributed by atoms with E-state index >= 15 is 0 Å². The van der Waals surface area contributed by atoms with E-state index in [1.54, 1.807) is 16.2 Å². The molecular formula is C26H28N2O3S2. The van der Waals surface area contributed by atoms with Gasteiger partial charge in [-0.3, -0.25) is 9.59 Å². The van der Waals surface area contributed by atoms with Gasteiger partial charge in [-0.15, -0.1) is 22.7 Å². The van der Waals surface area contributed by atoms with E-state index < -0.39 is 0 Å². The molecule has 0 N–H and O–H groups in total. The summed E-state index contributed by atoms with van der Waals surface area (Å²) in [5.74, 6) is 1.32. The Morgan fingerprint density at radius 2 is 1.94 bits per heavy atom. The highest BCUT2D eigenvalue weighted by Crippen LogP contribution is 2.35. The normalized spacial score (nSPS) is 17.5. The highest BCUT2D eigenvalue weighted by molar-refractivity contribution is 7.12. The molecule has 1 aliphatic carbocycles. The van der Waals surface area contributed by atoms with Crippen molar-refractivity contribution in [3.05, 3.63) is 74.1 Å². The van der Waals surface area contributed by atoms with E-state index in [0.717, 1.165) is 30.6 Å². The molecule has 172 valence electrons. The summed E-state index contributed by atoms with van der Waals surface area (Å²) in [5.41, 5.74) is 2.25. The fourth-order valence-electron chi connectivity index (χ4n) is 4.40. The van der Waals surface area contributed by atoms with Gasteiger partial charge >= 0.3 is 0 Å². The van der Waals surface area contributed by atoms with Gasteiger partial charge in [-0.25, -0.2) is 0 Å². The molecule has 0 radical (unpaired) electrons. The highest BCUT2D eigenvalue weighted by atomic mass is 32.1. The number of fused-ring (bicyclic) bond motifs is 1. The van der Waals surface area contributed by atoms with Crippen LogP contribution in [-0.2, 0) is 11.2 Å². The second kappa shape index (κ2) is 9.69. The van der Waals surface area contributed by atoms with E-state index in [-0.39, 0.29) is 24.4 Å². The molecule has 2 amide bonds. The number of hydrogen-bond donors (Lipinski definition) is 0. The molecule has 1 aliphatic heterocycles. The summed E-state index contributed by atoms with van der Waals surface area (Å²) in [6.07, 6.45) is 3.12. The number of rotatable bonds is 8. The number of carbonyl (C=O) groups is 2. The first-order valence-corrected chi connectivity index (χ1v) is 13.2. The third-order valence-electron chi connectivity index (χ3n) is 6.43. The molecule has 3 heterocycles. The number of carbonyl (C=O) groups excluding carboxylic acids is 2. The molecule has 7 heteroatoms. The van der Waals surface area contributed by atoms with Gasteiger partial charge in [-0.05, 0) is 72.2 Å². The van der Waals surface area contributed by atoms with Crippen LogP contribution in [0.25, 0.3) is 0 Å². The van der Waals surface area contributed by atoms with Crippen LogP contribution in [0.3, 0.4) is 0 Å². The second-order valence-corrected chi connectivity index (χ2v) is 10.8. The summed E-state index contributed by atoms with van der Waals surface area (Å²) in [6, 6.07) is 13.7. The monoisotopic (exact) mass is 480 g/mol. The predicted octanol–water partition coefficient (Wildman–Crippen LogP) is 5.18. The first-order valence-electron chi connectivity index (χ1n) is 11.5. The fraction of sp³-hybridized carbons (Fsp3) is 0.385. The number of benzene rings is 1. The molecule has 33 heavy (non-hydrogen) atoms. The first kappa shape index (κ1) is 22.2. The van der Waals surface area contributed by atoms with Gasteiger partial charge in [-0.2, -0.15) is 0 Å². The molecule has 3 aromatic rings. The minimum atomic E-state index is -0.147. The average Bonchev–Trinajstić information content (AvgIpc) is 3.26. The van der Waals surface area contributed by atoms with Crippen LogP contribution in [0.5, 0.6) is 5.75 Å². The molecule has 0 saturated heterocycles. The lowest BCUT2D eigenvalue weighted by Crippen LogP contribution is -2.48. The molecule has 0 bridgehead atoms. The summed E-state index contributed by atoms with van der Waals surface area (Å²) in [6.45, 7) is 3.86. The highest BCUT2D eigenvalue weighted by Gasteiger charge is 2.35. The van der Waals surface area contributed by atoms with E-state index in [1.165, 1.54) is 21.8 Å². The van der Waals surface area contributed by atoms with Gasteiger partial charge in [-0.1, -0.05) is 24.3 Å². The van der Waals surface area contributed by atoms with Crippen LogP contribution in [0, 0.1) is 12.8 Å². The van der Waals surface area contributed by atoms with Crippen molar-refractivity contribution in [3.8, 4) is 5.75 Å². The Bertz CT molecular complexity index is 1120. The number of amides is 2. The van der Waals surface area contributed by atoms with E-state index in [0.29, 0.717) is 30.5 Å². The van der Waals surface area contributed by atoms with Gasteiger partial charge in [0.1, 0.15) is 18.9 Å². The topological polar surface area (TPSA) is 49.9 Å². The van der Waals surface area contributed by atoms with Gasteiger partial charge in [0.15, 0.2) is 0 Å². The maximum Gasteiger partial charge on any atom is 0.264 e. The molecule has 2 aliphatic rings. The molecule has 1 aromatic carbocycles. The molecule has 5 rings (SSSR count). The van der Waals surface area contributed by atoms with Crippen LogP contribution in [0.1, 0.15) is 44.6 Å². The third-order valence-corrected chi connectivity index (χ3v) is 8.28. The quantitative estimate of drug-likeness (QED) is 0.447. The molecule has 0 spiro atoms. The largest absolute Gasteiger partial charge is 0.491 e. The van der Waals surface area contributed by atoms with Crippen LogP contribution >= 0.6 is 22.7 Å². The minimum Gasteiger partial charge on any atom is -0.491 e. The molecule has 5 nitrogen and oxygen atoms in total. The van der Waals surface area contributed by atoms with Crippen molar-refractivity contribution in [2.24, 2.45) is 5.92 Å². The number of ether oxygens (including phenoxy) is 1. The van der Waals surface area contributed by atoms with Crippen molar-refractivity contribution >= 4 is 34.5 Å². The molecule has 1 fully saturated rings. The second-order valence-electron chi connectivity index (χ2n) is 8.83. The molecule has 1 saturated carbocycles. The van der Waals surface area contributed by atoms with Crippen molar-refractivity contribution in [2.75, 3.05) is 26.2 Å². The Kier molecular flexibility index (Phi) is 6.51. The zero-order chi connectivity index (χ0) is 22.8. The SMILES string of the molecule is Cc1ccccc1OC[C@@H]1c2ccsc2CCN1C(=O)CN(CC1CC1)C(=O)c1cccs1. The Morgan fingerprint density at radius 3 is 2.70 bits per heavy atom. The Balaban J connectivity index is 1.34. The van der Waals surface area contributed by atoms with E-state index in [1.807, 2.05) is 53.6 Å². The number of thiophene rings is 2. The Labute approximate surface area is 202 Å². The lowest BCUT2D eigenvalue weighted by molar-refractivity contribution is -0.135. The van der Waals surface area contributed by atoms with Crippen LogP contribution < -0.4 is 4.74 Å². The Morgan fingerprint density at radius 1 is 1.09 bits per heavy atom. The summed E-state index contributed by atoms with van der Waals surface area (Å²) < 4.78 is 6.20. The molecule has 1 atom stereocenters. The smallest absolute Gasteiger partial charge is 0.264 e. The molecule has 0 unspecified atom stereocenters. The minimum absolute atomic E-state index is 0.00390. The number of nitrogens with zero attached hydrogens (tertiary/aromatic N) is 2. The number of hydrogen-bond acceptors (Lipinski definition) is 5. The summed E-state index contributed by atoms with van der Waals surface area (Å²) in [5, 5.41) is 4.01. The van der Waals surface area contributed by atoms with Gasteiger partial charge in [0, 0.05) is 18.0 Å². The van der Waals surface area contributed by atoms with E-state index in [4.69, 9.17) is 4.74 Å². The summed E-state index contributed by atoms with van der Waals surface area (Å²) in [4.78, 5) is 32.4. The fourth-order valence-corrected chi connectivity index (χ4v) is 6.02. The molecule has 2 aromatic heterocycles. The van der Waals surface area contributed by atoms with Crippen LogP contribution in [-0.4, -0.2) is 47.9 Å². The summed E-state index contributed by atoms with van der Waals surface area (Å²) >= 11 is 3.18. The van der Waals surface area contributed by atoms with Crippen molar-refractivity contribution in [1.29, 1.82) is 0 Å². The number of para-hydroxylation sites is 1. The number of aryl methyl sites for hydroxylation is 1. The predicted molar refractivity (Wildman–Crippen MR) is 132 cm³/mol. The van der Waals surface area contributed by atoms with E-state index in [2.05, 4.69) is 11.4 Å². The maximum atomic E-state index is 13.6. The zero-order valence-corrected chi connectivity index (χ0v) is 20.4. The van der Waals surface area contributed by atoms with Gasteiger partial charge in [0.2, 0.25) is 5.91 Å². The van der Waals surface area contributed by atoms with Gasteiger partial charge in [0.05, 0.1) is 10.9 Å². The van der Waals surface area contributed by atoms with Crippen molar-refractivity contribution < 1.29 is 14.3 Å². The zero-order valence-electron chi connectivity index (χ0n) is 18.7. The van der Waals surface area contributed by atoms with Crippen molar-refractivity contribution in [1.82, 2.24) is 9.80 Å². The standard InChI is InChI=1S/C26H28N2O3S2/c1-18-5-2-3-6-22(18)31-17-21-20-11-14-33-23(20)10-12-28(21)25(29)16-27(15-19-8-9-19)26(30)24-7-4-13-32-24/h2-7,11,13-14,19,21H,8-10,12,15-17H2,1H3/t21-/m1/s1. The Hall–Kier alpha value is -2.64. The lowest BCUT2D eigenvalue weighted by Gasteiger charge is -2.37. The maximum absolute atomic E-state index is 13.6. The van der Waals surface area contributed by atoms with Crippen LogP contribution in [0.4, 0.5) is 0 Å². The van der Waals surface area contributed by atoms with Crippen molar-refractivity contribution in [2.45, 2.75) is 32.2 Å². The van der Waals surface area contributed by atoms with Crippen LogP contribution in [0.2, 0.25) is 0 Å². The molecular weight excluding hydrogens is 452 g/mol. The van der Waals surface area contributed by atoms with Crippen molar-refractivity contribution in [3.63, 3.8) is 0 Å². The average molecular weight is 481 g/mol. The van der Waals surface area contributed by atoms with Gasteiger partial charge in [0.25, 0.3) is 5.91 Å². The summed E-state index contributed by atoms with van der Waals surface area (Å²) in [7, 11) is 0. The van der Waals surface area contributed by atoms with Gasteiger partial charge < -0.3 is 14.5 Å². The van der Waals surface area contributed by atoms with E-state index in [9.17, 15) is 9.59 Å². The van der Waals surface area contributed by atoms with Crippen LogP contribution in [0.15, 0.2) is 53.2 Å². The third kappa shape index (κ3) is 4.99. The lowest BCUT2D eigenvalue weighted by atomic mass is 10.00. The first-order chi connectivity index (χ1) is 16.1.